The highest BCUT2D eigenvalue weighted by Crippen LogP contribution is 2.18. The summed E-state index contributed by atoms with van der Waals surface area (Å²) in [7, 11) is 3.97. The molecule has 0 radical (unpaired) electrons. The van der Waals surface area contributed by atoms with Crippen LogP contribution in [0.5, 0.6) is 0 Å². The fourth-order valence-electron chi connectivity index (χ4n) is 2.58. The minimum absolute atomic E-state index is 0.0171. The standard InChI is InChI=1S/C15H29N3O3/c1-12(2)10-18(9-8-16(3)4)15(21)17-7-5-6-13(11-17)14(19)20/h12-13H,5-11H2,1-4H3,(H,19,20). The molecule has 1 heterocycles. The lowest BCUT2D eigenvalue weighted by molar-refractivity contribution is -0.143. The van der Waals surface area contributed by atoms with E-state index >= 15 is 0 Å². The Morgan fingerprint density at radius 3 is 2.48 bits per heavy atom. The van der Waals surface area contributed by atoms with Gasteiger partial charge in [0.15, 0.2) is 0 Å². The van der Waals surface area contributed by atoms with Gasteiger partial charge in [-0.25, -0.2) is 4.79 Å². The van der Waals surface area contributed by atoms with Crippen LogP contribution in [-0.4, -0.2) is 78.6 Å². The molecule has 6 heteroatoms. The maximum absolute atomic E-state index is 12.7. The first-order chi connectivity index (χ1) is 9.81. The molecular weight excluding hydrogens is 270 g/mol. The van der Waals surface area contributed by atoms with Crippen LogP contribution in [0.2, 0.25) is 0 Å². The number of carbonyl (C=O) groups excluding carboxylic acids is 1. The van der Waals surface area contributed by atoms with Crippen LogP contribution in [0, 0.1) is 11.8 Å². The van der Waals surface area contributed by atoms with Crippen LogP contribution in [0.1, 0.15) is 26.7 Å². The van der Waals surface area contributed by atoms with Gasteiger partial charge in [-0.3, -0.25) is 4.79 Å². The Morgan fingerprint density at radius 2 is 1.95 bits per heavy atom. The molecule has 2 amide bonds. The lowest BCUT2D eigenvalue weighted by Gasteiger charge is -2.36. The van der Waals surface area contributed by atoms with Crippen LogP contribution in [-0.2, 0) is 4.79 Å². The Kier molecular flexibility index (Phi) is 6.95. The van der Waals surface area contributed by atoms with Gasteiger partial charge in [-0.1, -0.05) is 13.8 Å². The number of carboxylic acid groups (broad SMARTS) is 1. The Morgan fingerprint density at radius 1 is 1.29 bits per heavy atom. The third-order valence-electron chi connectivity index (χ3n) is 3.71. The summed E-state index contributed by atoms with van der Waals surface area (Å²) in [6, 6.07) is -0.0171. The molecule has 0 aromatic heterocycles. The number of aliphatic carboxylic acids is 1. The normalized spacial score (nSPS) is 19.1. The largest absolute Gasteiger partial charge is 0.481 e. The molecule has 1 fully saturated rings. The van der Waals surface area contributed by atoms with Gasteiger partial charge < -0.3 is 19.8 Å². The number of urea groups is 1. The van der Waals surface area contributed by atoms with E-state index in [0.717, 1.165) is 13.0 Å². The molecule has 0 aromatic carbocycles. The van der Waals surface area contributed by atoms with Gasteiger partial charge in [0.05, 0.1) is 5.92 Å². The topological polar surface area (TPSA) is 64.1 Å². The summed E-state index contributed by atoms with van der Waals surface area (Å²) in [6.45, 7) is 7.39. The highest BCUT2D eigenvalue weighted by Gasteiger charge is 2.30. The van der Waals surface area contributed by atoms with Crippen molar-refractivity contribution in [3.63, 3.8) is 0 Å². The average Bonchev–Trinajstić information content (AvgIpc) is 2.42. The number of carboxylic acids is 1. The number of likely N-dealkylation sites (tertiary alicyclic amines) is 1. The molecule has 0 spiro atoms. The number of hydrogen-bond acceptors (Lipinski definition) is 3. The molecule has 0 aromatic rings. The third kappa shape index (κ3) is 5.91. The zero-order chi connectivity index (χ0) is 16.0. The van der Waals surface area contributed by atoms with Gasteiger partial charge in [0.1, 0.15) is 0 Å². The molecule has 0 saturated carbocycles. The number of rotatable bonds is 6. The Labute approximate surface area is 127 Å². The van der Waals surface area contributed by atoms with E-state index in [0.29, 0.717) is 38.5 Å². The summed E-state index contributed by atoms with van der Waals surface area (Å²) >= 11 is 0. The zero-order valence-corrected chi connectivity index (χ0v) is 13.7. The molecule has 21 heavy (non-hydrogen) atoms. The molecule has 1 unspecified atom stereocenters. The van der Waals surface area contributed by atoms with E-state index in [1.807, 2.05) is 19.0 Å². The minimum atomic E-state index is -0.795. The maximum atomic E-state index is 12.7. The van der Waals surface area contributed by atoms with E-state index in [1.165, 1.54) is 0 Å². The molecule has 122 valence electrons. The van der Waals surface area contributed by atoms with E-state index in [1.54, 1.807) is 4.90 Å². The van der Waals surface area contributed by atoms with Crippen molar-refractivity contribution in [2.45, 2.75) is 26.7 Å². The zero-order valence-electron chi connectivity index (χ0n) is 13.7. The van der Waals surface area contributed by atoms with Crippen LogP contribution in [0.25, 0.3) is 0 Å². The maximum Gasteiger partial charge on any atom is 0.320 e. The molecule has 1 saturated heterocycles. The summed E-state index contributed by atoms with van der Waals surface area (Å²) in [4.78, 5) is 29.4. The van der Waals surface area contributed by atoms with Gasteiger partial charge in [-0.05, 0) is 32.9 Å². The van der Waals surface area contributed by atoms with Gasteiger partial charge in [0, 0.05) is 32.7 Å². The summed E-state index contributed by atoms with van der Waals surface area (Å²) in [5.41, 5.74) is 0. The van der Waals surface area contributed by atoms with Crippen molar-refractivity contribution in [2.75, 3.05) is 46.8 Å². The van der Waals surface area contributed by atoms with E-state index in [4.69, 9.17) is 5.11 Å². The highest BCUT2D eigenvalue weighted by molar-refractivity contribution is 5.76. The van der Waals surface area contributed by atoms with Crippen molar-refractivity contribution in [3.05, 3.63) is 0 Å². The summed E-state index contributed by atoms with van der Waals surface area (Å²) in [5.74, 6) is -0.815. The summed E-state index contributed by atoms with van der Waals surface area (Å²) in [6.07, 6.45) is 1.44. The number of hydrogen-bond donors (Lipinski definition) is 1. The molecule has 0 bridgehead atoms. The molecule has 0 aliphatic carbocycles. The van der Waals surface area contributed by atoms with Crippen molar-refractivity contribution in [1.82, 2.24) is 14.7 Å². The van der Waals surface area contributed by atoms with Gasteiger partial charge in [-0.15, -0.1) is 0 Å². The smallest absolute Gasteiger partial charge is 0.320 e. The van der Waals surface area contributed by atoms with Crippen LogP contribution in [0.15, 0.2) is 0 Å². The SMILES string of the molecule is CC(C)CN(CCN(C)C)C(=O)N1CCCC(C(=O)O)C1. The summed E-state index contributed by atoms with van der Waals surface area (Å²) in [5, 5.41) is 9.14. The molecular formula is C15H29N3O3. The van der Waals surface area contributed by atoms with Crippen molar-refractivity contribution < 1.29 is 14.7 Å². The first-order valence-corrected chi connectivity index (χ1v) is 7.72. The second kappa shape index (κ2) is 8.22. The number of carbonyl (C=O) groups is 2. The monoisotopic (exact) mass is 299 g/mol. The van der Waals surface area contributed by atoms with Gasteiger partial charge in [0.2, 0.25) is 0 Å². The Bertz CT molecular complexity index is 358. The first-order valence-electron chi connectivity index (χ1n) is 7.72. The van der Waals surface area contributed by atoms with Crippen LogP contribution < -0.4 is 0 Å². The average molecular weight is 299 g/mol. The van der Waals surface area contributed by atoms with Crippen LogP contribution >= 0.6 is 0 Å². The number of amides is 2. The minimum Gasteiger partial charge on any atom is -0.481 e. The van der Waals surface area contributed by atoms with Gasteiger partial charge in [0.25, 0.3) is 0 Å². The van der Waals surface area contributed by atoms with Gasteiger partial charge in [-0.2, -0.15) is 0 Å². The molecule has 1 rings (SSSR count). The lowest BCUT2D eigenvalue weighted by Crippen LogP contribution is -2.51. The van der Waals surface area contributed by atoms with Crippen molar-refractivity contribution in [3.8, 4) is 0 Å². The van der Waals surface area contributed by atoms with Crippen molar-refractivity contribution >= 4 is 12.0 Å². The quantitative estimate of drug-likeness (QED) is 0.806. The number of piperidine rings is 1. The molecule has 1 aliphatic heterocycles. The van der Waals surface area contributed by atoms with E-state index < -0.39 is 11.9 Å². The van der Waals surface area contributed by atoms with E-state index in [-0.39, 0.29) is 6.03 Å². The highest BCUT2D eigenvalue weighted by atomic mass is 16.4. The lowest BCUT2D eigenvalue weighted by atomic mass is 9.98. The molecule has 6 nitrogen and oxygen atoms in total. The summed E-state index contributed by atoms with van der Waals surface area (Å²) < 4.78 is 0. The number of nitrogens with zero attached hydrogens (tertiary/aromatic N) is 3. The second-order valence-corrected chi connectivity index (χ2v) is 6.55. The fourth-order valence-corrected chi connectivity index (χ4v) is 2.58. The third-order valence-corrected chi connectivity index (χ3v) is 3.71. The predicted octanol–water partition coefficient (Wildman–Crippen LogP) is 1.42. The van der Waals surface area contributed by atoms with E-state index in [9.17, 15) is 9.59 Å². The number of likely N-dealkylation sites (N-methyl/N-ethyl adjacent to an activating group) is 1. The molecule has 1 N–H and O–H groups in total. The molecule has 1 atom stereocenters. The van der Waals surface area contributed by atoms with E-state index in [2.05, 4.69) is 18.7 Å². The molecule has 1 aliphatic rings. The Balaban J connectivity index is 2.67. The Hall–Kier alpha value is -1.30. The second-order valence-electron chi connectivity index (χ2n) is 6.55. The first kappa shape index (κ1) is 17.8. The van der Waals surface area contributed by atoms with Crippen molar-refractivity contribution in [2.24, 2.45) is 11.8 Å². The van der Waals surface area contributed by atoms with Gasteiger partial charge >= 0.3 is 12.0 Å². The van der Waals surface area contributed by atoms with Crippen LogP contribution in [0.4, 0.5) is 4.79 Å². The van der Waals surface area contributed by atoms with Crippen LogP contribution in [0.3, 0.4) is 0 Å². The fraction of sp³-hybridized carbons (Fsp3) is 0.867. The van der Waals surface area contributed by atoms with Crippen molar-refractivity contribution in [1.29, 1.82) is 0 Å². The predicted molar refractivity (Wildman–Crippen MR) is 82.3 cm³/mol.